The molecule has 1 saturated heterocycles. The zero-order valence-electron chi connectivity index (χ0n) is 22.8. The molecule has 2 amide bonds. The van der Waals surface area contributed by atoms with E-state index in [0.717, 1.165) is 12.0 Å². The maximum atomic E-state index is 13.4. The van der Waals surface area contributed by atoms with Gasteiger partial charge in [0.15, 0.2) is 0 Å². The van der Waals surface area contributed by atoms with E-state index in [1.807, 2.05) is 5.92 Å². The summed E-state index contributed by atoms with van der Waals surface area (Å²) in [5.74, 6) is 1.34. The Labute approximate surface area is 228 Å². The van der Waals surface area contributed by atoms with Gasteiger partial charge in [-0.1, -0.05) is 6.92 Å². The van der Waals surface area contributed by atoms with E-state index in [4.69, 9.17) is 15.9 Å². The minimum Gasteiger partial charge on any atom is -0.453 e. The second-order valence-electron chi connectivity index (χ2n) is 10.5. The quantitative estimate of drug-likeness (QED) is 0.221. The van der Waals surface area contributed by atoms with Crippen molar-refractivity contribution in [2.45, 2.75) is 96.0 Å². The lowest BCUT2D eigenvalue weighted by Crippen LogP contribution is -2.58. The van der Waals surface area contributed by atoms with Crippen LogP contribution in [0, 0.1) is 12.3 Å². The highest BCUT2D eigenvalue weighted by Crippen LogP contribution is 2.38. The fraction of sp³-hybridized carbons (Fsp3) is 0.593. The Bertz CT molecular complexity index is 1100. The number of piperidine rings is 1. The van der Waals surface area contributed by atoms with Crippen molar-refractivity contribution in [3.8, 4) is 12.3 Å². The van der Waals surface area contributed by atoms with Crippen molar-refractivity contribution in [1.29, 1.82) is 0 Å². The summed E-state index contributed by atoms with van der Waals surface area (Å²) >= 11 is 0. The third kappa shape index (κ3) is 8.53. The number of terminal acetylenes is 1. The number of carbonyl (C=O) groups is 3. The molecule has 13 heteroatoms. The first-order valence-corrected chi connectivity index (χ1v) is 12.4. The SMILES string of the molecule is C#CC(=O)C[C@H]1C[C@@H](N(Cc2cc(C(F)(F)F)cc(C(F)(F)F)c2)C(=O)OC)C[C@@H](CC)N1C(=O)OC(C)(C)C. The van der Waals surface area contributed by atoms with Crippen LogP contribution in [0.4, 0.5) is 35.9 Å². The first-order chi connectivity index (χ1) is 18.3. The molecule has 1 aliphatic rings. The second kappa shape index (κ2) is 12.4. The van der Waals surface area contributed by atoms with Crippen molar-refractivity contribution in [3.63, 3.8) is 0 Å². The van der Waals surface area contributed by atoms with E-state index in [9.17, 15) is 40.7 Å². The average molecular weight is 579 g/mol. The Hall–Kier alpha value is -3.43. The molecule has 0 aliphatic carbocycles. The van der Waals surface area contributed by atoms with Gasteiger partial charge in [0, 0.05) is 31.1 Å². The Morgan fingerprint density at radius 3 is 1.95 bits per heavy atom. The monoisotopic (exact) mass is 578 g/mol. The molecular weight excluding hydrogens is 546 g/mol. The van der Waals surface area contributed by atoms with Gasteiger partial charge in [-0.15, -0.1) is 6.42 Å². The Balaban J connectivity index is 2.54. The van der Waals surface area contributed by atoms with Crippen LogP contribution in [-0.4, -0.2) is 58.6 Å². The van der Waals surface area contributed by atoms with Gasteiger partial charge in [0.1, 0.15) is 5.60 Å². The standard InChI is InChI=1S/C27H32F6N2O5/c1-7-19-12-20(13-21(14-22(36)8-2)35(19)24(38)40-25(3,4)5)34(23(37)39-6)15-16-9-17(26(28,29)30)11-18(10-16)27(31,32)33/h2,9-11,19-21H,7,12-15H2,1,3-6H3/t19-,20+,21-/m1/s1. The summed E-state index contributed by atoms with van der Waals surface area (Å²) in [6, 6.07) is -1.20. The van der Waals surface area contributed by atoms with Gasteiger partial charge in [-0.05, 0) is 69.7 Å². The van der Waals surface area contributed by atoms with Gasteiger partial charge in [-0.3, -0.25) is 4.79 Å². The molecule has 0 radical (unpaired) electrons. The summed E-state index contributed by atoms with van der Waals surface area (Å²) in [4.78, 5) is 40.5. The van der Waals surface area contributed by atoms with Crippen molar-refractivity contribution >= 4 is 18.0 Å². The molecule has 3 atom stereocenters. The fourth-order valence-corrected chi connectivity index (χ4v) is 4.70. The van der Waals surface area contributed by atoms with Crippen molar-refractivity contribution in [2.24, 2.45) is 0 Å². The van der Waals surface area contributed by atoms with E-state index in [2.05, 4.69) is 0 Å². The zero-order chi connectivity index (χ0) is 30.6. The van der Waals surface area contributed by atoms with Crippen LogP contribution in [0.25, 0.3) is 0 Å². The predicted molar refractivity (Wildman–Crippen MR) is 132 cm³/mol. The number of methoxy groups -OCH3 is 1. The van der Waals surface area contributed by atoms with E-state index in [1.165, 1.54) is 4.90 Å². The number of amides is 2. The number of carbonyl (C=O) groups excluding carboxylic acids is 3. The molecule has 40 heavy (non-hydrogen) atoms. The predicted octanol–water partition coefficient (Wildman–Crippen LogP) is 6.43. The maximum absolute atomic E-state index is 13.4. The Morgan fingerprint density at radius 2 is 1.52 bits per heavy atom. The zero-order valence-corrected chi connectivity index (χ0v) is 22.8. The van der Waals surface area contributed by atoms with Gasteiger partial charge < -0.3 is 19.3 Å². The first-order valence-electron chi connectivity index (χ1n) is 12.4. The van der Waals surface area contributed by atoms with E-state index < -0.39 is 77.3 Å². The molecule has 1 aromatic carbocycles. The molecule has 0 saturated carbocycles. The summed E-state index contributed by atoms with van der Waals surface area (Å²) in [5.41, 5.74) is -4.34. The number of hydrogen-bond acceptors (Lipinski definition) is 5. The summed E-state index contributed by atoms with van der Waals surface area (Å²) in [5, 5.41) is 0. The molecule has 0 bridgehead atoms. The molecular formula is C27H32F6N2O5. The van der Waals surface area contributed by atoms with Gasteiger partial charge in [-0.25, -0.2) is 9.59 Å². The Morgan fingerprint density at radius 1 is 1.00 bits per heavy atom. The van der Waals surface area contributed by atoms with E-state index in [-0.39, 0.29) is 25.3 Å². The van der Waals surface area contributed by atoms with Crippen LogP contribution < -0.4 is 0 Å². The fourth-order valence-electron chi connectivity index (χ4n) is 4.70. The van der Waals surface area contributed by atoms with Crippen LogP contribution >= 0.6 is 0 Å². The molecule has 0 unspecified atom stereocenters. The van der Waals surface area contributed by atoms with Gasteiger partial charge in [0.2, 0.25) is 5.78 Å². The molecule has 1 aromatic rings. The van der Waals surface area contributed by atoms with Crippen molar-refractivity contribution in [3.05, 3.63) is 34.9 Å². The molecule has 1 aliphatic heterocycles. The lowest BCUT2D eigenvalue weighted by molar-refractivity contribution is -0.143. The van der Waals surface area contributed by atoms with Crippen LogP contribution in [0.2, 0.25) is 0 Å². The second-order valence-corrected chi connectivity index (χ2v) is 10.5. The van der Waals surface area contributed by atoms with Gasteiger partial charge in [-0.2, -0.15) is 26.3 Å². The number of nitrogens with zero attached hydrogens (tertiary/aromatic N) is 2. The van der Waals surface area contributed by atoms with Crippen molar-refractivity contribution < 1.29 is 50.2 Å². The number of ether oxygens (including phenoxy) is 2. The topological polar surface area (TPSA) is 76.2 Å². The number of alkyl halides is 6. The molecule has 1 heterocycles. The average Bonchev–Trinajstić information content (AvgIpc) is 2.83. The number of likely N-dealkylation sites (tertiary alicyclic amines) is 1. The molecule has 0 N–H and O–H groups in total. The third-order valence-electron chi connectivity index (χ3n) is 6.38. The Kier molecular flexibility index (Phi) is 10.2. The van der Waals surface area contributed by atoms with Crippen LogP contribution in [0.3, 0.4) is 0 Å². The van der Waals surface area contributed by atoms with E-state index >= 15 is 0 Å². The lowest BCUT2D eigenvalue weighted by Gasteiger charge is -2.47. The highest BCUT2D eigenvalue weighted by atomic mass is 19.4. The molecule has 0 spiro atoms. The largest absolute Gasteiger partial charge is 0.453 e. The van der Waals surface area contributed by atoms with E-state index in [0.29, 0.717) is 18.6 Å². The first kappa shape index (κ1) is 32.8. The van der Waals surface area contributed by atoms with Crippen LogP contribution in [0.15, 0.2) is 18.2 Å². The van der Waals surface area contributed by atoms with Crippen LogP contribution in [0.5, 0.6) is 0 Å². The number of Topliss-reactive ketones (excluding diaryl/α,β-unsaturated/α-hetero) is 1. The number of halogens is 6. The van der Waals surface area contributed by atoms with E-state index in [1.54, 1.807) is 27.7 Å². The minimum absolute atomic E-state index is 0.000122. The smallest absolute Gasteiger partial charge is 0.416 e. The van der Waals surface area contributed by atoms with Crippen molar-refractivity contribution in [1.82, 2.24) is 9.80 Å². The summed E-state index contributed by atoms with van der Waals surface area (Å²) in [6.45, 7) is 6.06. The van der Waals surface area contributed by atoms with Gasteiger partial charge in [0.25, 0.3) is 0 Å². The number of ketones is 1. The number of benzene rings is 1. The van der Waals surface area contributed by atoms with Crippen molar-refractivity contribution in [2.75, 3.05) is 7.11 Å². The molecule has 7 nitrogen and oxygen atoms in total. The molecule has 2 rings (SSSR count). The molecule has 1 fully saturated rings. The lowest BCUT2D eigenvalue weighted by atomic mass is 9.86. The number of rotatable bonds is 6. The number of hydrogen-bond donors (Lipinski definition) is 0. The minimum atomic E-state index is -5.07. The van der Waals surface area contributed by atoms with Crippen LogP contribution in [-0.2, 0) is 33.2 Å². The normalized spacial score (nSPS) is 19.9. The maximum Gasteiger partial charge on any atom is 0.416 e. The van der Waals surface area contributed by atoms with Gasteiger partial charge >= 0.3 is 24.5 Å². The third-order valence-corrected chi connectivity index (χ3v) is 6.38. The summed E-state index contributed by atoms with van der Waals surface area (Å²) in [6.07, 6.45) is -6.53. The summed E-state index contributed by atoms with van der Waals surface area (Å²) < 4.78 is 90.9. The molecule has 0 aromatic heterocycles. The highest BCUT2D eigenvalue weighted by molar-refractivity contribution is 5.95. The highest BCUT2D eigenvalue weighted by Gasteiger charge is 2.44. The van der Waals surface area contributed by atoms with Crippen LogP contribution in [0.1, 0.15) is 70.1 Å². The van der Waals surface area contributed by atoms with Gasteiger partial charge in [0.05, 0.1) is 18.2 Å². The summed E-state index contributed by atoms with van der Waals surface area (Å²) in [7, 11) is 1.02. The molecule has 222 valence electrons.